The molecule has 0 amide bonds. The second kappa shape index (κ2) is 8.38. The number of nitrogens with zero attached hydrogens (tertiary/aromatic N) is 6. The number of benzene rings is 1. The van der Waals surface area contributed by atoms with E-state index < -0.39 is 0 Å². The van der Waals surface area contributed by atoms with Crippen LogP contribution in [0.1, 0.15) is 23.7 Å². The molecule has 8 nitrogen and oxygen atoms in total. The number of allylic oxidation sites excluding steroid dienone is 1. The first-order valence-electron chi connectivity index (χ1n) is 10.7. The molecule has 0 saturated carbocycles. The summed E-state index contributed by atoms with van der Waals surface area (Å²) in [6, 6.07) is 11.8. The largest absolute Gasteiger partial charge is 0.497 e. The molecule has 0 unspecified atom stereocenters. The topological polar surface area (TPSA) is 77.7 Å². The van der Waals surface area contributed by atoms with E-state index in [-0.39, 0.29) is 0 Å². The molecule has 0 fully saturated rings. The van der Waals surface area contributed by atoms with Crippen LogP contribution in [0.4, 0.5) is 5.69 Å². The molecule has 0 aliphatic carbocycles. The fourth-order valence-corrected chi connectivity index (χ4v) is 3.98. The van der Waals surface area contributed by atoms with E-state index in [0.717, 1.165) is 40.4 Å². The standard InChI is InChI=1S/C25H24N6O2/c1-5-16-9-12-20(27-22(16)19(6-2)17-7-10-18(32-4)11-8-17)24-28-29-25-23-21(15-26-31(24)25)30(3)13-14-33-23/h5-12,15H,1,13-14H2,2-4H3/b19-6-. The van der Waals surface area contributed by atoms with Gasteiger partial charge in [-0.25, -0.2) is 4.98 Å². The fraction of sp³-hybridized carbons (Fsp3) is 0.200. The summed E-state index contributed by atoms with van der Waals surface area (Å²) in [4.78, 5) is 7.07. The van der Waals surface area contributed by atoms with Gasteiger partial charge in [-0.1, -0.05) is 36.9 Å². The number of anilines is 1. The van der Waals surface area contributed by atoms with E-state index in [1.165, 1.54) is 0 Å². The minimum absolute atomic E-state index is 0.548. The Morgan fingerprint density at radius 3 is 2.70 bits per heavy atom. The summed E-state index contributed by atoms with van der Waals surface area (Å²) < 4.78 is 12.9. The Kier molecular flexibility index (Phi) is 5.26. The molecule has 1 aromatic carbocycles. The number of fused-ring (bicyclic) bond motifs is 3. The first kappa shape index (κ1) is 20.7. The summed E-state index contributed by atoms with van der Waals surface area (Å²) in [6.07, 6.45) is 5.63. The number of pyridine rings is 1. The summed E-state index contributed by atoms with van der Waals surface area (Å²) >= 11 is 0. The minimum Gasteiger partial charge on any atom is -0.497 e. The highest BCUT2D eigenvalue weighted by Crippen LogP contribution is 2.35. The average molecular weight is 441 g/mol. The number of hydrogen-bond acceptors (Lipinski definition) is 7. The first-order valence-corrected chi connectivity index (χ1v) is 10.7. The van der Waals surface area contributed by atoms with Gasteiger partial charge in [-0.2, -0.15) is 9.61 Å². The molecule has 166 valence electrons. The van der Waals surface area contributed by atoms with Crippen LogP contribution in [0.25, 0.3) is 28.8 Å². The maximum atomic E-state index is 5.89. The Balaban J connectivity index is 1.63. The van der Waals surface area contributed by atoms with Gasteiger partial charge in [0, 0.05) is 18.2 Å². The van der Waals surface area contributed by atoms with Gasteiger partial charge < -0.3 is 14.4 Å². The van der Waals surface area contributed by atoms with Crippen molar-refractivity contribution in [3.8, 4) is 23.0 Å². The Hall–Kier alpha value is -4.20. The summed E-state index contributed by atoms with van der Waals surface area (Å²) in [5.74, 6) is 2.04. The molecule has 0 bridgehead atoms. The van der Waals surface area contributed by atoms with Crippen LogP contribution >= 0.6 is 0 Å². The van der Waals surface area contributed by atoms with E-state index in [1.54, 1.807) is 23.9 Å². The SMILES string of the molecule is C=Cc1ccc(-c2nnc3c4c(cnn23)N(C)CCO4)nc1/C(=C\C)c1ccc(OC)cc1. The normalized spacial score (nSPS) is 13.5. The molecule has 0 atom stereocenters. The van der Waals surface area contributed by atoms with Gasteiger partial charge in [0.2, 0.25) is 11.5 Å². The van der Waals surface area contributed by atoms with Gasteiger partial charge in [0.15, 0.2) is 5.75 Å². The molecule has 4 heterocycles. The van der Waals surface area contributed by atoms with Gasteiger partial charge in [-0.3, -0.25) is 0 Å². The second-order valence-corrected chi connectivity index (χ2v) is 7.66. The van der Waals surface area contributed by atoms with Crippen molar-refractivity contribution in [3.05, 3.63) is 72.1 Å². The molecule has 0 N–H and O–H groups in total. The molecule has 4 aromatic rings. The smallest absolute Gasteiger partial charge is 0.222 e. The Morgan fingerprint density at radius 1 is 1.15 bits per heavy atom. The molecule has 5 rings (SSSR count). The lowest BCUT2D eigenvalue weighted by atomic mass is 9.98. The van der Waals surface area contributed by atoms with E-state index in [2.05, 4.69) is 26.8 Å². The molecule has 8 heteroatoms. The molecular weight excluding hydrogens is 416 g/mol. The van der Waals surface area contributed by atoms with E-state index in [4.69, 9.17) is 14.5 Å². The highest BCUT2D eigenvalue weighted by Gasteiger charge is 2.23. The zero-order valence-corrected chi connectivity index (χ0v) is 18.8. The number of likely N-dealkylation sites (N-methyl/N-ethyl adjacent to an activating group) is 1. The van der Waals surface area contributed by atoms with Crippen molar-refractivity contribution in [2.24, 2.45) is 0 Å². The van der Waals surface area contributed by atoms with Crippen molar-refractivity contribution in [1.29, 1.82) is 0 Å². The van der Waals surface area contributed by atoms with E-state index in [0.29, 0.717) is 29.5 Å². The Labute approximate surface area is 191 Å². The monoisotopic (exact) mass is 440 g/mol. The Bertz CT molecular complexity index is 1370. The van der Waals surface area contributed by atoms with Crippen LogP contribution in [0.2, 0.25) is 0 Å². The number of aromatic nitrogens is 5. The third kappa shape index (κ3) is 3.49. The van der Waals surface area contributed by atoms with Crippen molar-refractivity contribution in [1.82, 2.24) is 24.8 Å². The molecule has 0 radical (unpaired) electrons. The maximum absolute atomic E-state index is 5.89. The summed E-state index contributed by atoms with van der Waals surface area (Å²) in [6.45, 7) is 7.36. The lowest BCUT2D eigenvalue weighted by Crippen LogP contribution is -2.29. The minimum atomic E-state index is 0.548. The number of methoxy groups -OCH3 is 1. The third-order valence-electron chi connectivity index (χ3n) is 5.78. The summed E-state index contributed by atoms with van der Waals surface area (Å²) in [5, 5.41) is 13.3. The zero-order chi connectivity index (χ0) is 22.9. The zero-order valence-electron chi connectivity index (χ0n) is 18.8. The predicted octanol–water partition coefficient (Wildman–Crippen LogP) is 4.12. The average Bonchev–Trinajstić information content (AvgIpc) is 3.30. The first-order chi connectivity index (χ1) is 16.1. The lowest BCUT2D eigenvalue weighted by molar-refractivity contribution is 0.312. The van der Waals surface area contributed by atoms with E-state index in [1.807, 2.05) is 56.4 Å². The summed E-state index contributed by atoms with van der Waals surface area (Å²) in [5.41, 5.74) is 5.88. The van der Waals surface area contributed by atoms with Crippen LogP contribution in [-0.2, 0) is 0 Å². The highest BCUT2D eigenvalue weighted by molar-refractivity contribution is 5.83. The second-order valence-electron chi connectivity index (χ2n) is 7.66. The van der Waals surface area contributed by atoms with Crippen LogP contribution in [0.15, 0.2) is 55.3 Å². The van der Waals surface area contributed by atoms with Crippen LogP contribution in [0.5, 0.6) is 11.5 Å². The molecule has 1 aliphatic heterocycles. The third-order valence-corrected chi connectivity index (χ3v) is 5.78. The maximum Gasteiger partial charge on any atom is 0.222 e. The van der Waals surface area contributed by atoms with Gasteiger partial charge in [0.05, 0.1) is 25.5 Å². The predicted molar refractivity (Wildman–Crippen MR) is 129 cm³/mol. The molecule has 0 saturated heterocycles. The van der Waals surface area contributed by atoms with Gasteiger partial charge in [-0.15, -0.1) is 10.2 Å². The van der Waals surface area contributed by atoms with Crippen LogP contribution in [-0.4, -0.2) is 52.1 Å². The lowest BCUT2D eigenvalue weighted by Gasteiger charge is -2.26. The Morgan fingerprint density at radius 2 is 1.97 bits per heavy atom. The van der Waals surface area contributed by atoms with Crippen molar-refractivity contribution < 1.29 is 9.47 Å². The molecule has 1 aliphatic rings. The number of rotatable bonds is 5. The van der Waals surface area contributed by atoms with Crippen LogP contribution in [0.3, 0.4) is 0 Å². The van der Waals surface area contributed by atoms with E-state index >= 15 is 0 Å². The fourth-order valence-electron chi connectivity index (χ4n) is 3.98. The van der Waals surface area contributed by atoms with Crippen molar-refractivity contribution in [3.63, 3.8) is 0 Å². The van der Waals surface area contributed by atoms with Gasteiger partial charge in [0.1, 0.15) is 23.7 Å². The van der Waals surface area contributed by atoms with Crippen LogP contribution in [0, 0.1) is 0 Å². The summed E-state index contributed by atoms with van der Waals surface area (Å²) in [7, 11) is 3.67. The van der Waals surface area contributed by atoms with Gasteiger partial charge >= 0.3 is 0 Å². The number of hydrogen-bond donors (Lipinski definition) is 0. The molecule has 3 aromatic heterocycles. The van der Waals surface area contributed by atoms with E-state index in [9.17, 15) is 0 Å². The van der Waals surface area contributed by atoms with Crippen molar-refractivity contribution >= 4 is 23.0 Å². The number of ether oxygens (including phenoxy) is 2. The van der Waals surface area contributed by atoms with Gasteiger partial charge in [-0.05, 0) is 30.7 Å². The molecule has 0 spiro atoms. The molecular formula is C25H24N6O2. The highest BCUT2D eigenvalue weighted by atomic mass is 16.5. The van der Waals surface area contributed by atoms with Crippen LogP contribution < -0.4 is 14.4 Å². The van der Waals surface area contributed by atoms with Crippen molar-refractivity contribution in [2.75, 3.05) is 32.2 Å². The van der Waals surface area contributed by atoms with Crippen molar-refractivity contribution in [2.45, 2.75) is 6.92 Å². The quantitative estimate of drug-likeness (QED) is 0.462. The molecule has 33 heavy (non-hydrogen) atoms. The van der Waals surface area contributed by atoms with Gasteiger partial charge in [0.25, 0.3) is 0 Å².